The highest BCUT2D eigenvalue weighted by Gasteiger charge is 2.40. The fourth-order valence-electron chi connectivity index (χ4n) is 3.46. The van der Waals surface area contributed by atoms with E-state index in [0.717, 1.165) is 17.0 Å². The number of nitrogens with zero attached hydrogens (tertiary/aromatic N) is 5. The Balaban J connectivity index is 1.72. The van der Waals surface area contributed by atoms with Crippen LogP contribution in [-0.2, 0) is 0 Å². The van der Waals surface area contributed by atoms with Crippen LogP contribution >= 0.6 is 0 Å². The van der Waals surface area contributed by atoms with Gasteiger partial charge in [-0.2, -0.15) is 9.78 Å². The van der Waals surface area contributed by atoms with Crippen LogP contribution in [0.5, 0.6) is 0 Å². The molecule has 3 aromatic heterocycles. The first kappa shape index (κ1) is 17.1. The van der Waals surface area contributed by atoms with E-state index in [1.54, 1.807) is 31.3 Å². The van der Waals surface area contributed by atoms with Gasteiger partial charge in [-0.3, -0.25) is 9.59 Å². The Labute approximate surface area is 162 Å². The van der Waals surface area contributed by atoms with Gasteiger partial charge in [0.15, 0.2) is 23.1 Å². The molecule has 0 spiro atoms. The van der Waals surface area contributed by atoms with Gasteiger partial charge in [0.2, 0.25) is 0 Å². The molecular weight excluding hydrogens is 380 g/mol. The molecule has 0 saturated carbocycles. The second-order valence-corrected chi connectivity index (χ2v) is 6.47. The van der Waals surface area contributed by atoms with Crippen molar-refractivity contribution in [3.63, 3.8) is 0 Å². The minimum atomic E-state index is -1.15. The molecule has 4 heterocycles. The van der Waals surface area contributed by atoms with Crippen LogP contribution in [0.2, 0.25) is 0 Å². The average molecular weight is 391 g/mol. The normalized spacial score (nSPS) is 13.4. The number of carbonyl (C=O) groups is 2. The Kier molecular flexibility index (Phi) is 3.54. The van der Waals surface area contributed by atoms with Crippen LogP contribution in [0, 0.1) is 18.6 Å². The van der Waals surface area contributed by atoms with E-state index in [0.29, 0.717) is 22.5 Å². The van der Waals surface area contributed by atoms with Gasteiger partial charge in [0.05, 0.1) is 27.9 Å². The molecule has 0 radical (unpaired) electrons. The summed E-state index contributed by atoms with van der Waals surface area (Å²) >= 11 is 0. The van der Waals surface area contributed by atoms with E-state index in [1.165, 1.54) is 16.9 Å². The number of pyridine rings is 2. The van der Waals surface area contributed by atoms with Crippen molar-refractivity contribution in [3.05, 3.63) is 77.2 Å². The van der Waals surface area contributed by atoms with Crippen molar-refractivity contribution in [2.75, 3.05) is 4.90 Å². The molecule has 0 saturated heterocycles. The lowest BCUT2D eigenvalue weighted by atomic mass is 10.1. The van der Waals surface area contributed by atoms with Crippen LogP contribution < -0.4 is 4.90 Å². The van der Waals surface area contributed by atoms with Crippen LogP contribution in [-0.4, -0.2) is 31.6 Å². The highest BCUT2D eigenvalue weighted by atomic mass is 19.2. The summed E-state index contributed by atoms with van der Waals surface area (Å²) in [5, 5.41) is 4.83. The first-order valence-electron chi connectivity index (χ1n) is 8.61. The Hall–Kier alpha value is -4.01. The largest absolute Gasteiger partial charge is 0.268 e. The highest BCUT2D eigenvalue weighted by Crippen LogP contribution is 2.34. The molecule has 7 nitrogen and oxygen atoms in total. The van der Waals surface area contributed by atoms with Crippen LogP contribution in [0.15, 0.2) is 48.8 Å². The Bertz CT molecular complexity index is 1330. The molecule has 0 fully saturated rings. The van der Waals surface area contributed by atoms with Gasteiger partial charge in [0, 0.05) is 18.5 Å². The third-order valence-corrected chi connectivity index (χ3v) is 4.75. The van der Waals surface area contributed by atoms with E-state index in [4.69, 9.17) is 0 Å². The molecule has 9 heteroatoms. The fourth-order valence-corrected chi connectivity index (χ4v) is 3.46. The van der Waals surface area contributed by atoms with E-state index in [-0.39, 0.29) is 16.8 Å². The molecule has 142 valence electrons. The molecule has 4 aromatic rings. The quantitative estimate of drug-likeness (QED) is 0.490. The zero-order chi connectivity index (χ0) is 20.3. The third-order valence-electron chi connectivity index (χ3n) is 4.75. The predicted molar refractivity (Wildman–Crippen MR) is 98.9 cm³/mol. The number of rotatable bonds is 2. The highest BCUT2D eigenvalue weighted by molar-refractivity contribution is 6.37. The molecular formula is C20H11F2N5O2. The Morgan fingerprint density at radius 3 is 2.52 bits per heavy atom. The summed E-state index contributed by atoms with van der Waals surface area (Å²) in [4.78, 5) is 35.3. The molecule has 1 aliphatic heterocycles. The smallest absolute Gasteiger partial charge is 0.267 e. The predicted octanol–water partition coefficient (Wildman–Crippen LogP) is 3.20. The van der Waals surface area contributed by atoms with Crippen LogP contribution in [0.25, 0.3) is 16.9 Å². The number of benzene rings is 1. The first-order chi connectivity index (χ1) is 14.0. The van der Waals surface area contributed by atoms with Gasteiger partial charge in [-0.05, 0) is 31.2 Å². The van der Waals surface area contributed by atoms with E-state index in [1.807, 2.05) is 0 Å². The molecule has 0 aliphatic carbocycles. The number of aryl methyl sites for hydroxylation is 1. The SMILES string of the molecule is Cc1nn(-c2ccccn2)c2ncc3c(c12)C(=O)N(c1ccc(F)c(F)c1)C3=O. The summed E-state index contributed by atoms with van der Waals surface area (Å²) < 4.78 is 28.4. The van der Waals surface area contributed by atoms with E-state index < -0.39 is 23.4 Å². The number of hydrogen-bond acceptors (Lipinski definition) is 5. The lowest BCUT2D eigenvalue weighted by Crippen LogP contribution is -2.29. The van der Waals surface area contributed by atoms with Gasteiger partial charge in [0.25, 0.3) is 11.8 Å². The zero-order valence-corrected chi connectivity index (χ0v) is 14.9. The molecule has 2 amide bonds. The second kappa shape index (κ2) is 5.99. The van der Waals surface area contributed by atoms with Gasteiger partial charge in [-0.1, -0.05) is 6.07 Å². The number of anilines is 1. The van der Waals surface area contributed by atoms with Crippen LogP contribution in [0.3, 0.4) is 0 Å². The van der Waals surface area contributed by atoms with Crippen molar-refractivity contribution in [3.8, 4) is 5.82 Å². The van der Waals surface area contributed by atoms with Crippen molar-refractivity contribution >= 4 is 28.5 Å². The summed E-state index contributed by atoms with van der Waals surface area (Å²) in [6.07, 6.45) is 2.89. The standard InChI is InChI=1S/C20H11F2N5O2/c1-10-16-17-12(9-24-18(16)27(25-10)15-4-2-3-7-23-15)19(28)26(20(17)29)11-5-6-13(21)14(22)8-11/h2-9H,1H3. The molecule has 0 bridgehead atoms. The number of imide groups is 1. The van der Waals surface area contributed by atoms with Gasteiger partial charge in [0.1, 0.15) is 0 Å². The summed E-state index contributed by atoms with van der Waals surface area (Å²) in [6.45, 7) is 1.70. The number of carbonyl (C=O) groups excluding carboxylic acids is 2. The maximum absolute atomic E-state index is 13.7. The summed E-state index contributed by atoms with van der Waals surface area (Å²) in [5.74, 6) is -3.02. The minimum absolute atomic E-state index is 0.0574. The summed E-state index contributed by atoms with van der Waals surface area (Å²) in [6, 6.07) is 8.14. The topological polar surface area (TPSA) is 81.0 Å². The molecule has 1 aromatic carbocycles. The van der Waals surface area contributed by atoms with Crippen LogP contribution in [0.1, 0.15) is 26.4 Å². The minimum Gasteiger partial charge on any atom is -0.268 e. The number of amides is 2. The molecule has 0 atom stereocenters. The second-order valence-electron chi connectivity index (χ2n) is 6.47. The van der Waals surface area contributed by atoms with Gasteiger partial charge in [-0.25, -0.2) is 23.6 Å². The lowest BCUT2D eigenvalue weighted by molar-refractivity contribution is 0.0926. The monoisotopic (exact) mass is 391 g/mol. The molecule has 1 aliphatic rings. The zero-order valence-electron chi connectivity index (χ0n) is 14.9. The maximum Gasteiger partial charge on any atom is 0.267 e. The van der Waals surface area contributed by atoms with Crippen molar-refractivity contribution in [2.45, 2.75) is 6.92 Å². The van der Waals surface area contributed by atoms with E-state index in [2.05, 4.69) is 15.1 Å². The molecule has 29 heavy (non-hydrogen) atoms. The number of aromatic nitrogens is 4. The lowest BCUT2D eigenvalue weighted by Gasteiger charge is -2.13. The van der Waals surface area contributed by atoms with E-state index >= 15 is 0 Å². The third kappa shape index (κ3) is 2.37. The van der Waals surface area contributed by atoms with Crippen molar-refractivity contribution in [1.82, 2.24) is 19.7 Å². The van der Waals surface area contributed by atoms with Crippen LogP contribution in [0.4, 0.5) is 14.5 Å². The number of fused-ring (bicyclic) bond motifs is 3. The summed E-state index contributed by atoms with van der Waals surface area (Å²) in [5.41, 5.74) is 1.01. The van der Waals surface area contributed by atoms with Gasteiger partial charge in [-0.15, -0.1) is 0 Å². The Morgan fingerprint density at radius 2 is 1.79 bits per heavy atom. The molecule has 5 rings (SSSR count). The number of halogens is 2. The molecule has 0 N–H and O–H groups in total. The maximum atomic E-state index is 13.7. The van der Waals surface area contributed by atoms with Gasteiger partial charge >= 0.3 is 0 Å². The number of hydrogen-bond donors (Lipinski definition) is 0. The van der Waals surface area contributed by atoms with Crippen molar-refractivity contribution in [2.24, 2.45) is 0 Å². The molecule has 0 unspecified atom stereocenters. The van der Waals surface area contributed by atoms with E-state index in [9.17, 15) is 18.4 Å². The average Bonchev–Trinajstić information content (AvgIpc) is 3.19. The summed E-state index contributed by atoms with van der Waals surface area (Å²) in [7, 11) is 0. The fraction of sp³-hybridized carbons (Fsp3) is 0.0500. The van der Waals surface area contributed by atoms with Crippen molar-refractivity contribution < 1.29 is 18.4 Å². The first-order valence-corrected chi connectivity index (χ1v) is 8.61. The Morgan fingerprint density at radius 1 is 0.966 bits per heavy atom. The van der Waals surface area contributed by atoms with Gasteiger partial charge < -0.3 is 0 Å². The van der Waals surface area contributed by atoms with Crippen molar-refractivity contribution in [1.29, 1.82) is 0 Å².